The van der Waals surface area contributed by atoms with E-state index >= 15 is 0 Å². The van der Waals surface area contributed by atoms with E-state index in [4.69, 9.17) is 16.3 Å². The van der Waals surface area contributed by atoms with Crippen LogP contribution in [0.25, 0.3) is 0 Å². The second-order valence-corrected chi connectivity index (χ2v) is 7.90. The number of carbonyl (C=O) groups excluding carboxylic acids is 1. The highest BCUT2D eigenvalue weighted by atomic mass is 35.5. The van der Waals surface area contributed by atoms with Gasteiger partial charge < -0.3 is 9.64 Å². The Balaban J connectivity index is 1.27. The van der Waals surface area contributed by atoms with Crippen molar-refractivity contribution < 1.29 is 9.53 Å². The number of hydrogen-bond donors (Lipinski definition) is 0. The molecule has 1 aromatic rings. The molecule has 1 aromatic carbocycles. The number of amides is 1. The molecule has 1 atom stereocenters. The molecular formula is C19H25ClN2O2. The largest absolute Gasteiger partial charge is 0.381 e. The first kappa shape index (κ1) is 16.4. The standard InChI is InChI=1S/C19H25ClN2O2/c20-16-3-1-15(2-4-16)14-21-7-9-22(10-8-21)18(23)17-13-19(17)5-11-24-12-6-19/h1-4,17H,5-14H2/t17-/m0/s1. The average molecular weight is 349 g/mol. The van der Waals surface area contributed by atoms with E-state index < -0.39 is 0 Å². The van der Waals surface area contributed by atoms with Crippen molar-refractivity contribution in [2.45, 2.75) is 25.8 Å². The second kappa shape index (κ2) is 6.66. The van der Waals surface area contributed by atoms with Crippen LogP contribution in [-0.4, -0.2) is 55.1 Å². The van der Waals surface area contributed by atoms with E-state index in [-0.39, 0.29) is 11.3 Å². The lowest BCUT2D eigenvalue weighted by Gasteiger charge is -2.35. The summed E-state index contributed by atoms with van der Waals surface area (Å²) in [7, 11) is 0. The first-order valence-corrected chi connectivity index (χ1v) is 9.37. The predicted octanol–water partition coefficient (Wildman–Crippen LogP) is 2.80. The first-order valence-electron chi connectivity index (χ1n) is 9.00. The Hall–Kier alpha value is -1.10. The van der Waals surface area contributed by atoms with Crippen molar-refractivity contribution in [3.05, 3.63) is 34.9 Å². The highest BCUT2D eigenvalue weighted by Crippen LogP contribution is 2.59. The number of rotatable bonds is 3. The number of benzene rings is 1. The van der Waals surface area contributed by atoms with E-state index in [1.807, 2.05) is 12.1 Å². The number of carbonyl (C=O) groups is 1. The van der Waals surface area contributed by atoms with Gasteiger partial charge in [0.25, 0.3) is 0 Å². The zero-order chi connectivity index (χ0) is 16.6. The molecule has 5 heteroatoms. The van der Waals surface area contributed by atoms with E-state index in [1.165, 1.54) is 5.56 Å². The summed E-state index contributed by atoms with van der Waals surface area (Å²) in [6.45, 7) is 6.22. The minimum Gasteiger partial charge on any atom is -0.381 e. The SMILES string of the molecule is O=C([C@@H]1CC12CCOCC2)N1CCN(Cc2ccc(Cl)cc2)CC1. The Labute approximate surface area is 148 Å². The zero-order valence-electron chi connectivity index (χ0n) is 14.0. The van der Waals surface area contributed by atoms with E-state index in [0.29, 0.717) is 5.91 Å². The van der Waals surface area contributed by atoms with Gasteiger partial charge in [-0.1, -0.05) is 23.7 Å². The van der Waals surface area contributed by atoms with Crippen LogP contribution in [-0.2, 0) is 16.1 Å². The number of nitrogens with zero attached hydrogens (tertiary/aromatic N) is 2. The van der Waals surface area contributed by atoms with Crippen molar-refractivity contribution in [3.63, 3.8) is 0 Å². The molecule has 4 rings (SSSR count). The Morgan fingerprint density at radius 1 is 1.12 bits per heavy atom. The van der Waals surface area contributed by atoms with Crippen LogP contribution in [0.1, 0.15) is 24.8 Å². The van der Waals surface area contributed by atoms with Crippen molar-refractivity contribution >= 4 is 17.5 Å². The van der Waals surface area contributed by atoms with Crippen LogP contribution < -0.4 is 0 Å². The van der Waals surface area contributed by atoms with Crippen LogP contribution >= 0.6 is 11.6 Å². The molecule has 2 heterocycles. The van der Waals surface area contributed by atoms with Crippen LogP contribution in [0, 0.1) is 11.3 Å². The summed E-state index contributed by atoms with van der Waals surface area (Å²) in [6.07, 6.45) is 3.22. The van der Waals surface area contributed by atoms with Crippen molar-refractivity contribution in [1.29, 1.82) is 0 Å². The molecule has 4 nitrogen and oxygen atoms in total. The third kappa shape index (κ3) is 3.32. The molecule has 3 aliphatic rings. The van der Waals surface area contributed by atoms with Gasteiger partial charge in [-0.05, 0) is 42.4 Å². The van der Waals surface area contributed by atoms with Crippen molar-refractivity contribution in [2.75, 3.05) is 39.4 Å². The maximum Gasteiger partial charge on any atom is 0.226 e. The lowest BCUT2D eigenvalue weighted by Crippen LogP contribution is -2.49. The molecule has 1 amide bonds. The average Bonchev–Trinajstić information content (AvgIpc) is 3.30. The molecule has 0 bridgehead atoms. The Bertz CT molecular complexity index is 590. The van der Waals surface area contributed by atoms with Gasteiger partial charge in [0.2, 0.25) is 5.91 Å². The third-order valence-corrected chi connectivity index (χ3v) is 6.23. The minimum atomic E-state index is 0.268. The minimum absolute atomic E-state index is 0.268. The molecule has 2 aliphatic heterocycles. The van der Waals surface area contributed by atoms with Gasteiger partial charge in [-0.25, -0.2) is 0 Å². The summed E-state index contributed by atoms with van der Waals surface area (Å²) in [5.74, 6) is 0.659. The Morgan fingerprint density at radius 3 is 2.46 bits per heavy atom. The summed E-state index contributed by atoms with van der Waals surface area (Å²) in [5, 5.41) is 0.778. The quantitative estimate of drug-likeness (QED) is 0.842. The molecule has 0 aromatic heterocycles. The lowest BCUT2D eigenvalue weighted by atomic mass is 9.93. The number of ether oxygens (including phenoxy) is 1. The fourth-order valence-electron chi connectivity index (χ4n) is 4.22. The van der Waals surface area contributed by atoms with Crippen molar-refractivity contribution in [2.24, 2.45) is 11.3 Å². The normalized spacial score (nSPS) is 26.5. The van der Waals surface area contributed by atoms with Crippen molar-refractivity contribution in [1.82, 2.24) is 9.80 Å². The summed E-state index contributed by atoms with van der Waals surface area (Å²) in [4.78, 5) is 17.3. The van der Waals surface area contributed by atoms with Gasteiger partial charge in [0, 0.05) is 56.9 Å². The summed E-state index contributed by atoms with van der Waals surface area (Å²) in [6, 6.07) is 8.05. The van der Waals surface area contributed by atoms with Gasteiger partial charge in [0.15, 0.2) is 0 Å². The van der Waals surface area contributed by atoms with Crippen LogP contribution in [0.5, 0.6) is 0 Å². The van der Waals surface area contributed by atoms with E-state index in [1.54, 1.807) is 0 Å². The number of hydrogen-bond acceptors (Lipinski definition) is 3. The van der Waals surface area contributed by atoms with E-state index in [9.17, 15) is 4.79 Å². The van der Waals surface area contributed by atoms with Gasteiger partial charge >= 0.3 is 0 Å². The fourth-order valence-corrected chi connectivity index (χ4v) is 4.35. The Kier molecular flexibility index (Phi) is 4.54. The fraction of sp³-hybridized carbons (Fsp3) is 0.632. The lowest BCUT2D eigenvalue weighted by molar-refractivity contribution is -0.135. The van der Waals surface area contributed by atoms with E-state index in [0.717, 1.165) is 70.2 Å². The van der Waals surface area contributed by atoms with Gasteiger partial charge in [0.1, 0.15) is 0 Å². The van der Waals surface area contributed by atoms with Gasteiger partial charge in [-0.2, -0.15) is 0 Å². The molecule has 1 saturated carbocycles. The van der Waals surface area contributed by atoms with Crippen molar-refractivity contribution in [3.8, 4) is 0 Å². The zero-order valence-corrected chi connectivity index (χ0v) is 14.8. The number of piperazine rings is 1. The van der Waals surface area contributed by atoms with Crippen LogP contribution in [0.2, 0.25) is 5.02 Å². The highest BCUT2D eigenvalue weighted by molar-refractivity contribution is 6.30. The first-order chi connectivity index (χ1) is 11.7. The Morgan fingerprint density at radius 2 is 1.79 bits per heavy atom. The molecule has 2 saturated heterocycles. The smallest absolute Gasteiger partial charge is 0.226 e. The van der Waals surface area contributed by atoms with Gasteiger partial charge in [0.05, 0.1) is 0 Å². The summed E-state index contributed by atoms with van der Waals surface area (Å²) < 4.78 is 5.46. The molecule has 0 radical (unpaired) electrons. The van der Waals surface area contributed by atoms with Gasteiger partial charge in [-0.3, -0.25) is 9.69 Å². The maximum absolute atomic E-state index is 12.8. The second-order valence-electron chi connectivity index (χ2n) is 7.46. The van der Waals surface area contributed by atoms with E-state index in [2.05, 4.69) is 21.9 Å². The van der Waals surface area contributed by atoms with Gasteiger partial charge in [-0.15, -0.1) is 0 Å². The summed E-state index contributed by atoms with van der Waals surface area (Å²) >= 11 is 5.94. The molecule has 24 heavy (non-hydrogen) atoms. The molecule has 130 valence electrons. The molecule has 0 N–H and O–H groups in total. The predicted molar refractivity (Wildman–Crippen MR) is 93.9 cm³/mol. The summed E-state index contributed by atoms with van der Waals surface area (Å²) in [5.41, 5.74) is 1.57. The van der Waals surface area contributed by atoms with Crippen LogP contribution in [0.4, 0.5) is 0 Å². The molecule has 0 unspecified atom stereocenters. The highest BCUT2D eigenvalue weighted by Gasteiger charge is 2.58. The molecule has 3 fully saturated rings. The third-order valence-electron chi connectivity index (χ3n) is 5.98. The molecule has 1 aliphatic carbocycles. The van der Waals surface area contributed by atoms with Crippen LogP contribution in [0.15, 0.2) is 24.3 Å². The maximum atomic E-state index is 12.8. The van der Waals surface area contributed by atoms with Crippen LogP contribution in [0.3, 0.4) is 0 Å². The number of halogens is 1. The topological polar surface area (TPSA) is 32.8 Å². The molecular weight excluding hydrogens is 324 g/mol. The molecule has 1 spiro atoms. The monoisotopic (exact) mass is 348 g/mol.